The summed E-state index contributed by atoms with van der Waals surface area (Å²) in [6.07, 6.45) is 0. The first kappa shape index (κ1) is 8.24. The van der Waals surface area contributed by atoms with Gasteiger partial charge in [0.15, 0.2) is 0 Å². The first-order valence-corrected chi connectivity index (χ1v) is 4.34. The Kier molecular flexibility index (Phi) is 2.89. The average molecular weight is 265 g/mol. The second-order valence-electron chi connectivity index (χ2n) is 1.88. The fourth-order valence-corrected chi connectivity index (χ4v) is 1.42. The van der Waals surface area contributed by atoms with Gasteiger partial charge in [-0.25, -0.2) is 5.11 Å². The third-order valence-corrected chi connectivity index (χ3v) is 2.43. The first-order valence-electron chi connectivity index (χ1n) is 2.76. The average Bonchev–Trinajstić information content (AvgIpc) is 1.94. The van der Waals surface area contributed by atoms with Crippen LogP contribution in [0.3, 0.4) is 0 Å². The molecule has 1 aromatic rings. The molecule has 0 aliphatic carbocycles. The van der Waals surface area contributed by atoms with Crippen LogP contribution in [-0.4, -0.2) is 0 Å². The van der Waals surface area contributed by atoms with Crippen LogP contribution >= 0.6 is 31.9 Å². The normalized spacial score (nSPS) is 9.90. The number of benzene rings is 1. The largest absolute Gasteiger partial charge is 0.232 e. The Hall–Kier alpha value is 0.140. The molecule has 0 N–H and O–H groups in total. The minimum atomic E-state index is -0.181. The molecule has 0 heterocycles. The van der Waals surface area contributed by atoms with E-state index in [1.165, 1.54) is 0 Å². The minimum Gasteiger partial charge on any atom is -0.232 e. The molecule has 3 heteroatoms. The van der Waals surface area contributed by atoms with E-state index in [-0.39, 0.29) is 6.61 Å². The molecule has 0 aliphatic heterocycles. The monoisotopic (exact) mass is 263 g/mol. The van der Waals surface area contributed by atoms with Crippen LogP contribution < -0.4 is 0 Å². The van der Waals surface area contributed by atoms with Gasteiger partial charge in [0.05, 0.1) is 0 Å². The van der Waals surface area contributed by atoms with Crippen molar-refractivity contribution in [2.75, 3.05) is 0 Å². The van der Waals surface area contributed by atoms with Crippen LogP contribution in [-0.2, 0) is 11.7 Å². The van der Waals surface area contributed by atoms with Gasteiger partial charge in [-0.15, -0.1) is 0 Å². The van der Waals surface area contributed by atoms with Gasteiger partial charge in [-0.2, -0.15) is 0 Å². The highest BCUT2D eigenvalue weighted by Crippen LogP contribution is 2.21. The van der Waals surface area contributed by atoms with Crippen molar-refractivity contribution in [1.29, 1.82) is 0 Å². The van der Waals surface area contributed by atoms with E-state index >= 15 is 0 Å². The third kappa shape index (κ3) is 1.81. The first-order chi connectivity index (χ1) is 4.74. The highest BCUT2D eigenvalue weighted by Gasteiger charge is 1.97. The Morgan fingerprint density at radius 3 is 2.50 bits per heavy atom. The van der Waals surface area contributed by atoms with Crippen molar-refractivity contribution in [3.63, 3.8) is 0 Å². The Balaban J connectivity index is 3.09. The topological polar surface area (TPSA) is 19.9 Å². The van der Waals surface area contributed by atoms with E-state index in [2.05, 4.69) is 31.9 Å². The van der Waals surface area contributed by atoms with Crippen LogP contribution in [0.4, 0.5) is 0 Å². The van der Waals surface area contributed by atoms with Crippen LogP contribution in [0.1, 0.15) is 5.56 Å². The summed E-state index contributed by atoms with van der Waals surface area (Å²) in [5.41, 5.74) is 0.786. The summed E-state index contributed by atoms with van der Waals surface area (Å²) in [5.74, 6) is 0. The fourth-order valence-electron chi connectivity index (χ4n) is 0.654. The summed E-state index contributed by atoms with van der Waals surface area (Å²) in [6, 6.07) is 5.57. The molecule has 0 aromatic heterocycles. The molecule has 0 bridgehead atoms. The highest BCUT2D eigenvalue weighted by molar-refractivity contribution is 9.11. The molecule has 1 radical (unpaired) electrons. The van der Waals surface area contributed by atoms with Crippen molar-refractivity contribution in [3.8, 4) is 0 Å². The molecule has 0 unspecified atom stereocenters. The molecule has 0 atom stereocenters. The Labute approximate surface area is 76.3 Å². The van der Waals surface area contributed by atoms with Gasteiger partial charge in [-0.3, -0.25) is 0 Å². The summed E-state index contributed by atoms with van der Waals surface area (Å²) >= 11 is 6.55. The zero-order valence-electron chi connectivity index (χ0n) is 5.10. The molecule has 1 aromatic carbocycles. The zero-order chi connectivity index (χ0) is 7.56. The van der Waals surface area contributed by atoms with Gasteiger partial charge in [-0.05, 0) is 23.8 Å². The van der Waals surface area contributed by atoms with E-state index in [4.69, 9.17) is 0 Å². The number of halogens is 2. The lowest BCUT2D eigenvalue weighted by Gasteiger charge is -1.98. The Morgan fingerprint density at radius 2 is 2.00 bits per heavy atom. The lowest BCUT2D eigenvalue weighted by atomic mass is 10.2. The minimum absolute atomic E-state index is 0.181. The molecule has 0 spiro atoms. The predicted octanol–water partition coefficient (Wildman–Crippen LogP) is 3.14. The lowest BCUT2D eigenvalue weighted by Crippen LogP contribution is -1.82. The van der Waals surface area contributed by atoms with Crippen molar-refractivity contribution in [3.05, 3.63) is 32.7 Å². The highest BCUT2D eigenvalue weighted by atomic mass is 79.9. The standard InChI is InChI=1S/C7H5Br2O/c8-6-1-2-7(9)5(3-6)4-10/h1-3H,4H2. The third-order valence-electron chi connectivity index (χ3n) is 1.16. The van der Waals surface area contributed by atoms with Gasteiger partial charge in [0.25, 0.3) is 0 Å². The van der Waals surface area contributed by atoms with E-state index < -0.39 is 0 Å². The second-order valence-corrected chi connectivity index (χ2v) is 3.65. The van der Waals surface area contributed by atoms with Crippen LogP contribution in [0, 0.1) is 0 Å². The molecule has 53 valence electrons. The summed E-state index contributed by atoms with van der Waals surface area (Å²) in [7, 11) is 0. The Morgan fingerprint density at radius 1 is 1.30 bits per heavy atom. The van der Waals surface area contributed by atoms with Crippen LogP contribution in [0.15, 0.2) is 27.1 Å². The summed E-state index contributed by atoms with van der Waals surface area (Å²) in [5, 5.41) is 10.5. The van der Waals surface area contributed by atoms with Gasteiger partial charge >= 0.3 is 0 Å². The maximum atomic E-state index is 10.5. The van der Waals surface area contributed by atoms with Crippen LogP contribution in [0.25, 0.3) is 0 Å². The molecular weight excluding hydrogens is 260 g/mol. The summed E-state index contributed by atoms with van der Waals surface area (Å²) in [6.45, 7) is -0.181. The van der Waals surface area contributed by atoms with Gasteiger partial charge in [-0.1, -0.05) is 31.9 Å². The maximum Gasteiger partial charge on any atom is 0.108 e. The van der Waals surface area contributed by atoms with E-state index in [0.717, 1.165) is 14.5 Å². The van der Waals surface area contributed by atoms with E-state index in [1.54, 1.807) is 0 Å². The summed E-state index contributed by atoms with van der Waals surface area (Å²) < 4.78 is 1.83. The Bertz CT molecular complexity index is 235. The van der Waals surface area contributed by atoms with Crippen molar-refractivity contribution in [1.82, 2.24) is 0 Å². The molecule has 0 aliphatic rings. The predicted molar refractivity (Wildman–Crippen MR) is 46.2 cm³/mol. The van der Waals surface area contributed by atoms with E-state index in [9.17, 15) is 5.11 Å². The lowest BCUT2D eigenvalue weighted by molar-refractivity contribution is 0.177. The van der Waals surface area contributed by atoms with Gasteiger partial charge in [0.1, 0.15) is 6.61 Å². The van der Waals surface area contributed by atoms with Crippen LogP contribution in [0.2, 0.25) is 0 Å². The van der Waals surface area contributed by atoms with Crippen molar-refractivity contribution in [2.45, 2.75) is 6.61 Å². The van der Waals surface area contributed by atoms with Crippen molar-refractivity contribution >= 4 is 31.9 Å². The van der Waals surface area contributed by atoms with Gasteiger partial charge in [0.2, 0.25) is 0 Å². The van der Waals surface area contributed by atoms with Gasteiger partial charge in [0, 0.05) is 8.95 Å². The number of hydrogen-bond acceptors (Lipinski definition) is 0. The molecule has 0 amide bonds. The SMILES string of the molecule is [O]Cc1cc(Br)ccc1Br. The fraction of sp³-hybridized carbons (Fsp3) is 0.143. The van der Waals surface area contributed by atoms with Crippen molar-refractivity contribution in [2.24, 2.45) is 0 Å². The summed E-state index contributed by atoms with van der Waals surface area (Å²) in [4.78, 5) is 0. The van der Waals surface area contributed by atoms with E-state index in [1.807, 2.05) is 18.2 Å². The van der Waals surface area contributed by atoms with Gasteiger partial charge < -0.3 is 0 Å². The molecular formula is C7H5Br2O. The molecule has 0 saturated carbocycles. The second kappa shape index (κ2) is 3.51. The molecule has 10 heavy (non-hydrogen) atoms. The zero-order valence-corrected chi connectivity index (χ0v) is 8.28. The molecule has 1 nitrogen and oxygen atoms in total. The number of rotatable bonds is 1. The molecule has 0 fully saturated rings. The smallest absolute Gasteiger partial charge is 0.108 e. The van der Waals surface area contributed by atoms with E-state index in [0.29, 0.717) is 0 Å². The molecule has 0 saturated heterocycles. The quantitative estimate of drug-likeness (QED) is 0.743. The number of hydrogen-bond donors (Lipinski definition) is 0. The molecule has 1 rings (SSSR count). The maximum absolute atomic E-state index is 10.5. The van der Waals surface area contributed by atoms with Crippen molar-refractivity contribution < 1.29 is 5.11 Å². The van der Waals surface area contributed by atoms with Crippen LogP contribution in [0.5, 0.6) is 0 Å².